The predicted molar refractivity (Wildman–Crippen MR) is 110 cm³/mol. The van der Waals surface area contributed by atoms with Gasteiger partial charge >= 0.3 is 0 Å². The second-order valence-electron chi connectivity index (χ2n) is 7.42. The first-order valence-corrected chi connectivity index (χ1v) is 10.3. The van der Waals surface area contributed by atoms with Crippen LogP contribution in [0.2, 0.25) is 0 Å². The Kier molecular flexibility index (Phi) is 8.11. The molecule has 1 saturated heterocycles. The molecule has 1 atom stereocenters. The molecule has 2 aliphatic rings. The number of amides is 1. The van der Waals surface area contributed by atoms with Gasteiger partial charge in [-0.1, -0.05) is 12.1 Å². The molecule has 1 aromatic carbocycles. The standard InChI is InChI=1S/C21H32N4O3/c1-22-21(23-10-4-11-27-15-16-8-9-16)24-14-17-5-2-6-18(13-17)25-20(26)19-7-3-12-28-19/h2,5-6,13,16,19H,3-4,7-12,14-15H2,1H3,(H,25,26)(H2,22,23,24). The first-order chi connectivity index (χ1) is 13.7. The Morgan fingerprint density at radius 1 is 1.29 bits per heavy atom. The van der Waals surface area contributed by atoms with Crippen LogP contribution < -0.4 is 16.0 Å². The average molecular weight is 389 g/mol. The summed E-state index contributed by atoms with van der Waals surface area (Å²) in [4.78, 5) is 16.4. The lowest BCUT2D eigenvalue weighted by Crippen LogP contribution is -2.37. The summed E-state index contributed by atoms with van der Waals surface area (Å²) in [7, 11) is 1.76. The number of ether oxygens (including phenoxy) is 2. The number of benzene rings is 1. The Morgan fingerprint density at radius 3 is 2.93 bits per heavy atom. The van der Waals surface area contributed by atoms with Crippen LogP contribution in [0.4, 0.5) is 5.69 Å². The van der Waals surface area contributed by atoms with E-state index in [4.69, 9.17) is 9.47 Å². The number of aliphatic imine (C=N–C) groups is 1. The van der Waals surface area contributed by atoms with Gasteiger partial charge in [-0.3, -0.25) is 9.79 Å². The van der Waals surface area contributed by atoms with E-state index in [0.717, 1.165) is 62.1 Å². The molecule has 0 radical (unpaired) electrons. The van der Waals surface area contributed by atoms with E-state index in [0.29, 0.717) is 13.2 Å². The second kappa shape index (κ2) is 11.0. The predicted octanol–water partition coefficient (Wildman–Crippen LogP) is 2.29. The van der Waals surface area contributed by atoms with Gasteiger partial charge in [0.15, 0.2) is 5.96 Å². The van der Waals surface area contributed by atoms with E-state index in [9.17, 15) is 4.79 Å². The summed E-state index contributed by atoms with van der Waals surface area (Å²) in [6.07, 6.45) is 5.03. The van der Waals surface area contributed by atoms with Gasteiger partial charge in [0.05, 0.1) is 0 Å². The van der Waals surface area contributed by atoms with E-state index in [1.807, 2.05) is 24.3 Å². The third-order valence-corrected chi connectivity index (χ3v) is 4.91. The van der Waals surface area contributed by atoms with Gasteiger partial charge in [-0.25, -0.2) is 0 Å². The molecule has 28 heavy (non-hydrogen) atoms. The molecule has 0 bridgehead atoms. The number of anilines is 1. The van der Waals surface area contributed by atoms with Crippen molar-refractivity contribution in [2.45, 2.75) is 44.8 Å². The molecule has 1 aliphatic heterocycles. The van der Waals surface area contributed by atoms with E-state index in [-0.39, 0.29) is 12.0 Å². The molecule has 1 unspecified atom stereocenters. The van der Waals surface area contributed by atoms with E-state index in [2.05, 4.69) is 20.9 Å². The molecule has 7 nitrogen and oxygen atoms in total. The fourth-order valence-electron chi connectivity index (χ4n) is 3.09. The van der Waals surface area contributed by atoms with Crippen LogP contribution >= 0.6 is 0 Å². The maximum atomic E-state index is 12.2. The normalized spacial score (nSPS) is 19.5. The van der Waals surface area contributed by atoms with Crippen molar-refractivity contribution < 1.29 is 14.3 Å². The zero-order chi connectivity index (χ0) is 19.6. The highest BCUT2D eigenvalue weighted by Crippen LogP contribution is 2.28. The van der Waals surface area contributed by atoms with Crippen LogP contribution in [0.1, 0.15) is 37.7 Å². The SMILES string of the molecule is CN=C(NCCCOCC1CC1)NCc1cccc(NC(=O)C2CCCO2)c1. The second-order valence-corrected chi connectivity index (χ2v) is 7.42. The molecule has 3 rings (SSSR count). The molecule has 1 aliphatic carbocycles. The fourth-order valence-corrected chi connectivity index (χ4v) is 3.09. The molecule has 7 heteroatoms. The summed E-state index contributed by atoms with van der Waals surface area (Å²) >= 11 is 0. The quantitative estimate of drug-likeness (QED) is 0.325. The van der Waals surface area contributed by atoms with Gasteiger partial charge in [-0.05, 0) is 55.7 Å². The number of nitrogens with one attached hydrogen (secondary N) is 3. The zero-order valence-electron chi connectivity index (χ0n) is 16.7. The monoisotopic (exact) mass is 388 g/mol. The number of carbonyl (C=O) groups is 1. The minimum Gasteiger partial charge on any atom is -0.381 e. The molecule has 1 saturated carbocycles. The third-order valence-electron chi connectivity index (χ3n) is 4.91. The van der Waals surface area contributed by atoms with Crippen LogP contribution in [-0.4, -0.2) is 51.4 Å². The topological polar surface area (TPSA) is 84.0 Å². The highest BCUT2D eigenvalue weighted by molar-refractivity contribution is 5.94. The van der Waals surface area contributed by atoms with Gasteiger partial charge in [0.25, 0.3) is 5.91 Å². The molecule has 2 fully saturated rings. The van der Waals surface area contributed by atoms with Crippen LogP contribution in [0.25, 0.3) is 0 Å². The first kappa shape index (κ1) is 20.6. The maximum Gasteiger partial charge on any atom is 0.253 e. The van der Waals surface area contributed by atoms with Gasteiger partial charge < -0.3 is 25.4 Å². The Morgan fingerprint density at radius 2 is 2.18 bits per heavy atom. The summed E-state index contributed by atoms with van der Waals surface area (Å²) in [5, 5.41) is 9.54. The number of rotatable bonds is 10. The van der Waals surface area contributed by atoms with Crippen molar-refractivity contribution in [3.05, 3.63) is 29.8 Å². The van der Waals surface area contributed by atoms with Gasteiger partial charge in [0.1, 0.15) is 6.10 Å². The van der Waals surface area contributed by atoms with Crippen molar-refractivity contribution in [2.24, 2.45) is 10.9 Å². The molecular formula is C21H32N4O3. The van der Waals surface area contributed by atoms with Crippen molar-refractivity contribution in [2.75, 3.05) is 38.7 Å². The maximum absolute atomic E-state index is 12.2. The van der Waals surface area contributed by atoms with Crippen LogP contribution in [0.3, 0.4) is 0 Å². The summed E-state index contributed by atoms with van der Waals surface area (Å²) in [5.74, 6) is 1.51. The van der Waals surface area contributed by atoms with Crippen molar-refractivity contribution >= 4 is 17.6 Å². The highest BCUT2D eigenvalue weighted by Gasteiger charge is 2.23. The van der Waals surface area contributed by atoms with Crippen LogP contribution in [-0.2, 0) is 20.8 Å². The van der Waals surface area contributed by atoms with Crippen molar-refractivity contribution in [3.63, 3.8) is 0 Å². The third kappa shape index (κ3) is 7.13. The number of carbonyl (C=O) groups excluding carboxylic acids is 1. The molecule has 3 N–H and O–H groups in total. The summed E-state index contributed by atoms with van der Waals surface area (Å²) in [6, 6.07) is 7.83. The lowest BCUT2D eigenvalue weighted by molar-refractivity contribution is -0.124. The van der Waals surface area contributed by atoms with E-state index in [1.54, 1.807) is 7.05 Å². The smallest absolute Gasteiger partial charge is 0.253 e. The molecule has 1 aromatic rings. The van der Waals surface area contributed by atoms with Gasteiger partial charge in [-0.2, -0.15) is 0 Å². The average Bonchev–Trinajstić information content (AvgIpc) is 3.36. The molecule has 1 heterocycles. The molecule has 154 valence electrons. The zero-order valence-corrected chi connectivity index (χ0v) is 16.7. The molecular weight excluding hydrogens is 356 g/mol. The minimum absolute atomic E-state index is 0.0657. The Hall–Kier alpha value is -2.12. The lowest BCUT2D eigenvalue weighted by atomic mass is 10.2. The van der Waals surface area contributed by atoms with Crippen molar-refractivity contribution in [3.8, 4) is 0 Å². The molecule has 0 aromatic heterocycles. The minimum atomic E-state index is -0.321. The van der Waals surface area contributed by atoms with E-state index in [1.165, 1.54) is 12.8 Å². The Balaban J connectivity index is 1.35. The van der Waals surface area contributed by atoms with Crippen LogP contribution in [0.5, 0.6) is 0 Å². The summed E-state index contributed by atoms with van der Waals surface area (Å²) in [5.41, 5.74) is 1.86. The Labute approximate surface area is 167 Å². The van der Waals surface area contributed by atoms with E-state index >= 15 is 0 Å². The number of nitrogens with zero attached hydrogens (tertiary/aromatic N) is 1. The largest absolute Gasteiger partial charge is 0.381 e. The van der Waals surface area contributed by atoms with Crippen molar-refractivity contribution in [1.29, 1.82) is 0 Å². The van der Waals surface area contributed by atoms with Crippen LogP contribution in [0, 0.1) is 5.92 Å². The number of guanidine groups is 1. The molecule has 1 amide bonds. The summed E-state index contributed by atoms with van der Waals surface area (Å²) in [6.45, 7) is 3.81. The number of hydrogen-bond acceptors (Lipinski definition) is 4. The van der Waals surface area contributed by atoms with Gasteiger partial charge in [-0.15, -0.1) is 0 Å². The van der Waals surface area contributed by atoms with Crippen molar-refractivity contribution in [1.82, 2.24) is 10.6 Å². The number of hydrogen-bond donors (Lipinski definition) is 3. The van der Waals surface area contributed by atoms with Gasteiger partial charge in [0.2, 0.25) is 0 Å². The summed E-state index contributed by atoms with van der Waals surface area (Å²) < 4.78 is 11.1. The lowest BCUT2D eigenvalue weighted by Gasteiger charge is -2.14. The van der Waals surface area contributed by atoms with E-state index < -0.39 is 0 Å². The fraction of sp³-hybridized carbons (Fsp3) is 0.619. The molecule has 0 spiro atoms. The van der Waals surface area contributed by atoms with Crippen LogP contribution in [0.15, 0.2) is 29.3 Å². The highest BCUT2D eigenvalue weighted by atomic mass is 16.5. The Bertz CT molecular complexity index is 655. The first-order valence-electron chi connectivity index (χ1n) is 10.3. The van der Waals surface area contributed by atoms with Gasteiger partial charge in [0, 0.05) is 45.6 Å².